The zero-order chi connectivity index (χ0) is 17.1. The summed E-state index contributed by atoms with van der Waals surface area (Å²) < 4.78 is 6.21. The normalized spacial score (nSPS) is 16.3. The Morgan fingerprint density at radius 3 is 1.83 bits per heavy atom. The summed E-state index contributed by atoms with van der Waals surface area (Å²) in [7, 11) is 8.18. The van der Waals surface area contributed by atoms with E-state index < -0.39 is 0 Å². The molecule has 124 valence electrons. The fourth-order valence-electron chi connectivity index (χ4n) is 2.69. The Balaban J connectivity index is 1.76. The Hall–Kier alpha value is -2.68. The van der Waals surface area contributed by atoms with Crippen LogP contribution in [0.15, 0.2) is 66.8 Å². The summed E-state index contributed by atoms with van der Waals surface area (Å²) in [6.45, 7) is 0. The number of allylic oxidation sites excluding steroid dienone is 2. The number of hydrogen-bond acceptors (Lipinski definition) is 3. The molecule has 1 aliphatic rings. The molecule has 0 fully saturated rings. The van der Waals surface area contributed by atoms with E-state index in [1.165, 1.54) is 11.4 Å². The lowest BCUT2D eigenvalue weighted by molar-refractivity contribution is 0.212. The highest BCUT2D eigenvalue weighted by molar-refractivity contribution is 5.65. The number of benzene rings is 2. The van der Waals surface area contributed by atoms with E-state index in [2.05, 4.69) is 70.5 Å². The second-order valence-corrected chi connectivity index (χ2v) is 6.38. The molecule has 0 aliphatic carbocycles. The molecule has 1 atom stereocenters. The molecule has 0 bridgehead atoms. The number of anilines is 2. The van der Waals surface area contributed by atoms with Crippen molar-refractivity contribution in [3.63, 3.8) is 0 Å². The van der Waals surface area contributed by atoms with Crippen LogP contribution in [0, 0.1) is 0 Å². The van der Waals surface area contributed by atoms with Crippen LogP contribution in [-0.2, 0) is 4.74 Å². The van der Waals surface area contributed by atoms with Crippen LogP contribution in [-0.4, -0.2) is 28.2 Å². The Kier molecular flexibility index (Phi) is 4.61. The first-order chi connectivity index (χ1) is 11.5. The predicted molar refractivity (Wildman–Crippen MR) is 102 cm³/mol. The third-order valence-corrected chi connectivity index (χ3v) is 4.19. The summed E-state index contributed by atoms with van der Waals surface area (Å²) in [5.41, 5.74) is 4.63. The Morgan fingerprint density at radius 1 is 0.750 bits per heavy atom. The van der Waals surface area contributed by atoms with Gasteiger partial charge in [-0.05, 0) is 54.1 Å². The Labute approximate surface area is 144 Å². The summed E-state index contributed by atoms with van der Waals surface area (Å²) >= 11 is 0. The quantitative estimate of drug-likeness (QED) is 0.825. The van der Waals surface area contributed by atoms with E-state index in [1.54, 1.807) is 0 Å². The van der Waals surface area contributed by atoms with Gasteiger partial charge in [0.05, 0.1) is 0 Å². The minimum absolute atomic E-state index is 0.0465. The van der Waals surface area contributed by atoms with Gasteiger partial charge >= 0.3 is 0 Å². The zero-order valence-electron chi connectivity index (χ0n) is 14.7. The van der Waals surface area contributed by atoms with Crippen LogP contribution in [0.5, 0.6) is 0 Å². The lowest BCUT2D eigenvalue weighted by Gasteiger charge is -2.23. The molecule has 3 heteroatoms. The van der Waals surface area contributed by atoms with E-state index >= 15 is 0 Å². The van der Waals surface area contributed by atoms with Gasteiger partial charge < -0.3 is 14.5 Å². The van der Waals surface area contributed by atoms with Gasteiger partial charge in [-0.1, -0.05) is 18.2 Å². The fraction of sp³-hybridized carbons (Fsp3) is 0.238. The molecule has 1 unspecified atom stereocenters. The number of nitrogens with zero attached hydrogens (tertiary/aromatic N) is 2. The number of rotatable bonds is 4. The van der Waals surface area contributed by atoms with E-state index in [9.17, 15) is 0 Å². The largest absolute Gasteiger partial charge is 0.481 e. The van der Waals surface area contributed by atoms with Crippen LogP contribution in [0.25, 0.3) is 5.76 Å². The second-order valence-electron chi connectivity index (χ2n) is 6.38. The molecule has 0 spiro atoms. The van der Waals surface area contributed by atoms with E-state index in [-0.39, 0.29) is 6.10 Å². The van der Waals surface area contributed by atoms with Crippen LogP contribution in [0.4, 0.5) is 11.4 Å². The molecular weight excluding hydrogens is 296 g/mol. The topological polar surface area (TPSA) is 15.7 Å². The van der Waals surface area contributed by atoms with Crippen molar-refractivity contribution < 1.29 is 4.74 Å². The van der Waals surface area contributed by atoms with Crippen molar-refractivity contribution in [3.05, 3.63) is 77.9 Å². The monoisotopic (exact) mass is 320 g/mol. The van der Waals surface area contributed by atoms with Crippen LogP contribution in [0.1, 0.15) is 17.2 Å². The predicted octanol–water partition coefficient (Wildman–Crippen LogP) is 4.49. The Bertz CT molecular complexity index is 740. The highest BCUT2D eigenvalue weighted by atomic mass is 16.5. The molecule has 0 saturated carbocycles. The van der Waals surface area contributed by atoms with E-state index in [0.29, 0.717) is 0 Å². The smallest absolute Gasteiger partial charge is 0.142 e. The molecule has 3 rings (SSSR count). The standard InChI is InChI=1S/C21H24N2O/c1-22(2)18-12-8-16(9-13-18)20-6-5-7-21(24-20)17-10-14-19(15-11-17)23(3)4/h5-15,20H,1-4H3. The van der Waals surface area contributed by atoms with Crippen molar-refractivity contribution in [1.29, 1.82) is 0 Å². The minimum Gasteiger partial charge on any atom is -0.481 e. The van der Waals surface area contributed by atoms with Crippen LogP contribution in [0.3, 0.4) is 0 Å². The summed E-state index contributed by atoms with van der Waals surface area (Å²) in [5, 5.41) is 0. The second kappa shape index (κ2) is 6.83. The van der Waals surface area contributed by atoms with Crippen molar-refractivity contribution >= 4 is 17.1 Å². The molecule has 0 N–H and O–H groups in total. The van der Waals surface area contributed by atoms with Gasteiger partial charge in [0.2, 0.25) is 0 Å². The molecular formula is C21H24N2O. The first-order valence-corrected chi connectivity index (χ1v) is 8.15. The maximum absolute atomic E-state index is 6.21. The zero-order valence-corrected chi connectivity index (χ0v) is 14.7. The molecule has 0 aromatic heterocycles. The third-order valence-electron chi connectivity index (χ3n) is 4.19. The van der Waals surface area contributed by atoms with Gasteiger partial charge in [-0.15, -0.1) is 0 Å². The Morgan fingerprint density at radius 2 is 1.29 bits per heavy atom. The average molecular weight is 320 g/mol. The van der Waals surface area contributed by atoms with Gasteiger partial charge in [-0.3, -0.25) is 0 Å². The summed E-state index contributed by atoms with van der Waals surface area (Å²) in [5.74, 6) is 0.907. The van der Waals surface area contributed by atoms with Crippen molar-refractivity contribution in [2.24, 2.45) is 0 Å². The lowest BCUT2D eigenvalue weighted by atomic mass is 10.0. The maximum atomic E-state index is 6.21. The first kappa shape index (κ1) is 16.2. The van der Waals surface area contributed by atoms with Gasteiger partial charge in [0.25, 0.3) is 0 Å². The molecule has 0 amide bonds. The van der Waals surface area contributed by atoms with Crippen LogP contribution in [0.2, 0.25) is 0 Å². The highest BCUT2D eigenvalue weighted by Crippen LogP contribution is 2.31. The minimum atomic E-state index is -0.0465. The van der Waals surface area contributed by atoms with Crippen molar-refractivity contribution in [2.75, 3.05) is 38.0 Å². The van der Waals surface area contributed by atoms with Gasteiger partial charge in [0.1, 0.15) is 11.9 Å². The number of hydrogen-bond donors (Lipinski definition) is 0. The molecule has 0 radical (unpaired) electrons. The van der Waals surface area contributed by atoms with Crippen LogP contribution >= 0.6 is 0 Å². The van der Waals surface area contributed by atoms with E-state index in [1.807, 2.05) is 34.3 Å². The van der Waals surface area contributed by atoms with Gasteiger partial charge in [0, 0.05) is 45.1 Å². The van der Waals surface area contributed by atoms with Crippen molar-refractivity contribution in [2.45, 2.75) is 6.10 Å². The highest BCUT2D eigenvalue weighted by Gasteiger charge is 2.16. The third kappa shape index (κ3) is 3.46. The fourth-order valence-corrected chi connectivity index (χ4v) is 2.69. The molecule has 3 nitrogen and oxygen atoms in total. The van der Waals surface area contributed by atoms with Gasteiger partial charge in [-0.2, -0.15) is 0 Å². The van der Waals surface area contributed by atoms with E-state index in [4.69, 9.17) is 4.74 Å². The number of ether oxygens (including phenoxy) is 1. The van der Waals surface area contributed by atoms with Gasteiger partial charge in [0.15, 0.2) is 0 Å². The molecule has 2 aromatic rings. The first-order valence-electron chi connectivity index (χ1n) is 8.15. The summed E-state index contributed by atoms with van der Waals surface area (Å²) in [6, 6.07) is 16.9. The van der Waals surface area contributed by atoms with Crippen molar-refractivity contribution in [3.8, 4) is 0 Å². The maximum Gasteiger partial charge on any atom is 0.142 e. The molecule has 0 saturated heterocycles. The molecule has 2 aromatic carbocycles. The average Bonchev–Trinajstić information content (AvgIpc) is 2.62. The summed E-state index contributed by atoms with van der Waals surface area (Å²) in [6.07, 6.45) is 6.13. The molecule has 1 aliphatic heterocycles. The molecule has 1 heterocycles. The summed E-state index contributed by atoms with van der Waals surface area (Å²) in [4.78, 5) is 4.19. The lowest BCUT2D eigenvalue weighted by Crippen LogP contribution is -2.09. The van der Waals surface area contributed by atoms with Crippen LogP contribution < -0.4 is 9.80 Å². The van der Waals surface area contributed by atoms with Crippen molar-refractivity contribution in [1.82, 2.24) is 0 Å². The SMILES string of the molecule is CN(C)c1ccc(C2=CC=CC(c3ccc(N(C)C)cc3)O2)cc1. The van der Waals surface area contributed by atoms with E-state index in [0.717, 1.165) is 16.9 Å². The van der Waals surface area contributed by atoms with Gasteiger partial charge in [-0.25, -0.2) is 0 Å². The molecule has 24 heavy (non-hydrogen) atoms.